The van der Waals surface area contributed by atoms with Crippen LogP contribution in [0.25, 0.3) is 0 Å². The number of nitrogens with one attached hydrogen (secondary N) is 1. The molecule has 0 spiro atoms. The van der Waals surface area contributed by atoms with Crippen LogP contribution >= 0.6 is 0 Å². The molecule has 1 saturated carbocycles. The minimum atomic E-state index is 0.695. The molecule has 4 nitrogen and oxygen atoms in total. The summed E-state index contributed by atoms with van der Waals surface area (Å²) in [7, 11) is 1.98. The van der Waals surface area contributed by atoms with Gasteiger partial charge in [0.05, 0.1) is 6.54 Å². The molecule has 1 N–H and O–H groups in total. The molecule has 2 rings (SSSR count). The van der Waals surface area contributed by atoms with Crippen LogP contribution in [0.1, 0.15) is 37.9 Å². The first kappa shape index (κ1) is 9.65. The molecule has 1 aliphatic rings. The highest BCUT2D eigenvalue weighted by Crippen LogP contribution is 2.17. The van der Waals surface area contributed by atoms with E-state index in [1.807, 2.05) is 11.6 Å². The molecule has 0 amide bonds. The van der Waals surface area contributed by atoms with E-state index in [0.29, 0.717) is 6.04 Å². The van der Waals surface area contributed by atoms with Gasteiger partial charge in [-0.1, -0.05) is 19.3 Å². The van der Waals surface area contributed by atoms with E-state index < -0.39 is 0 Å². The van der Waals surface area contributed by atoms with Crippen LogP contribution in [0.4, 0.5) is 0 Å². The Bertz CT molecular complexity index is 275. The lowest BCUT2D eigenvalue weighted by Crippen LogP contribution is -2.31. The Kier molecular flexibility index (Phi) is 3.14. The van der Waals surface area contributed by atoms with Crippen molar-refractivity contribution in [2.24, 2.45) is 7.05 Å². The molecule has 0 aliphatic heterocycles. The first-order chi connectivity index (χ1) is 6.86. The van der Waals surface area contributed by atoms with E-state index in [0.717, 1.165) is 12.4 Å². The lowest BCUT2D eigenvalue weighted by Gasteiger charge is -2.22. The molecule has 1 aromatic heterocycles. The first-order valence-corrected chi connectivity index (χ1v) is 5.42. The molecule has 4 heteroatoms. The molecular formula is C10H18N4. The van der Waals surface area contributed by atoms with Crippen molar-refractivity contribution in [1.82, 2.24) is 20.1 Å². The van der Waals surface area contributed by atoms with E-state index in [2.05, 4.69) is 15.5 Å². The highest BCUT2D eigenvalue weighted by molar-refractivity contribution is 4.85. The van der Waals surface area contributed by atoms with Gasteiger partial charge in [0.15, 0.2) is 0 Å². The molecule has 14 heavy (non-hydrogen) atoms. The highest BCUT2D eigenvalue weighted by atomic mass is 15.3. The van der Waals surface area contributed by atoms with E-state index in [9.17, 15) is 0 Å². The van der Waals surface area contributed by atoms with Gasteiger partial charge in [0.25, 0.3) is 0 Å². The summed E-state index contributed by atoms with van der Waals surface area (Å²) in [4.78, 5) is 0. The fourth-order valence-electron chi connectivity index (χ4n) is 2.01. The minimum Gasteiger partial charge on any atom is -0.320 e. The largest absolute Gasteiger partial charge is 0.320 e. The minimum absolute atomic E-state index is 0.695. The molecule has 1 fully saturated rings. The summed E-state index contributed by atoms with van der Waals surface area (Å²) in [6, 6.07) is 0.695. The fraction of sp³-hybridized carbons (Fsp3) is 0.800. The molecule has 0 bridgehead atoms. The Balaban J connectivity index is 1.79. The van der Waals surface area contributed by atoms with Gasteiger partial charge < -0.3 is 9.88 Å². The van der Waals surface area contributed by atoms with Crippen LogP contribution in [-0.2, 0) is 13.6 Å². The Labute approximate surface area is 84.7 Å². The predicted molar refractivity (Wildman–Crippen MR) is 54.7 cm³/mol. The summed E-state index contributed by atoms with van der Waals surface area (Å²) < 4.78 is 1.97. The number of rotatable bonds is 3. The number of hydrogen-bond donors (Lipinski definition) is 1. The topological polar surface area (TPSA) is 42.7 Å². The van der Waals surface area contributed by atoms with Crippen LogP contribution in [0.3, 0.4) is 0 Å². The van der Waals surface area contributed by atoms with Gasteiger partial charge in [-0.3, -0.25) is 0 Å². The van der Waals surface area contributed by atoms with E-state index >= 15 is 0 Å². The lowest BCUT2D eigenvalue weighted by atomic mass is 9.95. The van der Waals surface area contributed by atoms with Crippen LogP contribution in [0.15, 0.2) is 6.33 Å². The summed E-state index contributed by atoms with van der Waals surface area (Å²) in [5, 5.41) is 11.5. The highest BCUT2D eigenvalue weighted by Gasteiger charge is 2.13. The van der Waals surface area contributed by atoms with Crippen LogP contribution in [-0.4, -0.2) is 20.8 Å². The predicted octanol–water partition coefficient (Wildman–Crippen LogP) is 1.24. The molecule has 0 radical (unpaired) electrons. The van der Waals surface area contributed by atoms with Crippen molar-refractivity contribution in [1.29, 1.82) is 0 Å². The third-order valence-electron chi connectivity index (χ3n) is 2.96. The van der Waals surface area contributed by atoms with Crippen molar-refractivity contribution < 1.29 is 0 Å². The quantitative estimate of drug-likeness (QED) is 0.787. The van der Waals surface area contributed by atoms with Gasteiger partial charge in [-0.25, -0.2) is 0 Å². The standard InChI is InChI=1S/C10H18N4/c1-14-8-12-13-10(14)7-11-9-5-3-2-4-6-9/h8-9,11H,2-7H2,1H3. The van der Waals surface area contributed by atoms with Crippen molar-refractivity contribution in [3.63, 3.8) is 0 Å². The summed E-state index contributed by atoms with van der Waals surface area (Å²) in [6.07, 6.45) is 8.53. The van der Waals surface area contributed by atoms with Crippen molar-refractivity contribution in [3.05, 3.63) is 12.2 Å². The lowest BCUT2D eigenvalue weighted by molar-refractivity contribution is 0.367. The number of aromatic nitrogens is 3. The van der Waals surface area contributed by atoms with Crippen LogP contribution < -0.4 is 5.32 Å². The number of aryl methyl sites for hydroxylation is 1. The Morgan fingerprint density at radius 2 is 2.21 bits per heavy atom. The van der Waals surface area contributed by atoms with Gasteiger partial charge in [0, 0.05) is 13.1 Å². The Morgan fingerprint density at radius 3 is 2.86 bits per heavy atom. The van der Waals surface area contributed by atoms with Crippen molar-refractivity contribution in [2.75, 3.05) is 0 Å². The maximum atomic E-state index is 4.05. The molecule has 78 valence electrons. The average Bonchev–Trinajstić information content (AvgIpc) is 2.63. The van der Waals surface area contributed by atoms with Crippen LogP contribution in [0, 0.1) is 0 Å². The van der Waals surface area contributed by atoms with E-state index in [-0.39, 0.29) is 0 Å². The molecule has 1 heterocycles. The molecule has 0 unspecified atom stereocenters. The van der Waals surface area contributed by atoms with Gasteiger partial charge in [0.2, 0.25) is 0 Å². The van der Waals surface area contributed by atoms with Gasteiger partial charge in [-0.05, 0) is 12.8 Å². The summed E-state index contributed by atoms with van der Waals surface area (Å²) in [6.45, 7) is 0.848. The first-order valence-electron chi connectivity index (χ1n) is 5.42. The average molecular weight is 194 g/mol. The summed E-state index contributed by atoms with van der Waals surface area (Å²) in [5.41, 5.74) is 0. The zero-order valence-corrected chi connectivity index (χ0v) is 8.74. The third-order valence-corrected chi connectivity index (χ3v) is 2.96. The van der Waals surface area contributed by atoms with E-state index in [4.69, 9.17) is 0 Å². The SMILES string of the molecule is Cn1cnnc1CNC1CCCCC1. The van der Waals surface area contributed by atoms with Crippen LogP contribution in [0.5, 0.6) is 0 Å². The number of hydrogen-bond acceptors (Lipinski definition) is 3. The maximum absolute atomic E-state index is 4.05. The van der Waals surface area contributed by atoms with Crippen molar-refractivity contribution in [2.45, 2.75) is 44.7 Å². The summed E-state index contributed by atoms with van der Waals surface area (Å²) >= 11 is 0. The second kappa shape index (κ2) is 4.55. The second-order valence-electron chi connectivity index (χ2n) is 4.07. The van der Waals surface area contributed by atoms with Gasteiger partial charge in [-0.2, -0.15) is 0 Å². The third kappa shape index (κ3) is 2.32. The van der Waals surface area contributed by atoms with Crippen LogP contribution in [0.2, 0.25) is 0 Å². The normalized spacial score (nSPS) is 18.6. The zero-order valence-electron chi connectivity index (χ0n) is 8.74. The Morgan fingerprint density at radius 1 is 1.43 bits per heavy atom. The summed E-state index contributed by atoms with van der Waals surface area (Å²) in [5.74, 6) is 1.02. The van der Waals surface area contributed by atoms with Gasteiger partial charge in [-0.15, -0.1) is 10.2 Å². The van der Waals surface area contributed by atoms with Crippen molar-refractivity contribution >= 4 is 0 Å². The fourth-order valence-corrected chi connectivity index (χ4v) is 2.01. The Hall–Kier alpha value is -0.900. The molecule has 0 atom stereocenters. The molecule has 1 aliphatic carbocycles. The smallest absolute Gasteiger partial charge is 0.146 e. The van der Waals surface area contributed by atoms with E-state index in [1.165, 1.54) is 32.1 Å². The molecular weight excluding hydrogens is 176 g/mol. The number of nitrogens with zero attached hydrogens (tertiary/aromatic N) is 3. The molecule has 1 aromatic rings. The zero-order chi connectivity index (χ0) is 9.80. The van der Waals surface area contributed by atoms with Gasteiger partial charge in [0.1, 0.15) is 12.2 Å². The maximum Gasteiger partial charge on any atom is 0.146 e. The monoisotopic (exact) mass is 194 g/mol. The molecule has 0 aromatic carbocycles. The van der Waals surface area contributed by atoms with Gasteiger partial charge >= 0.3 is 0 Å². The van der Waals surface area contributed by atoms with Crippen molar-refractivity contribution in [3.8, 4) is 0 Å². The second-order valence-corrected chi connectivity index (χ2v) is 4.07. The molecule has 0 saturated heterocycles. The van der Waals surface area contributed by atoms with E-state index in [1.54, 1.807) is 6.33 Å².